The molecule has 3 aromatic carbocycles. The number of aromatic nitrogens is 2. The zero-order valence-electron chi connectivity index (χ0n) is 22.4. The van der Waals surface area contributed by atoms with Crippen molar-refractivity contribution in [1.29, 1.82) is 0 Å². The zero-order chi connectivity index (χ0) is 27.3. The summed E-state index contributed by atoms with van der Waals surface area (Å²) >= 11 is 1.63. The lowest BCUT2D eigenvalue weighted by Gasteiger charge is -2.26. The highest BCUT2D eigenvalue weighted by atomic mass is 32.1. The fourth-order valence-corrected chi connectivity index (χ4v) is 5.96. The lowest BCUT2D eigenvalue weighted by molar-refractivity contribution is 0.0358. The Morgan fingerprint density at radius 3 is 2.77 bits per heavy atom. The summed E-state index contributed by atoms with van der Waals surface area (Å²) in [5.74, 6) is 2.11. The van der Waals surface area contributed by atoms with Crippen LogP contribution in [0.15, 0.2) is 67.0 Å². The van der Waals surface area contributed by atoms with Gasteiger partial charge in [-0.25, -0.2) is 14.4 Å². The van der Waals surface area contributed by atoms with Crippen LogP contribution in [0, 0.1) is 12.7 Å². The Morgan fingerprint density at radius 2 is 1.93 bits per heavy atom. The van der Waals surface area contributed by atoms with Gasteiger partial charge in [0, 0.05) is 35.4 Å². The third kappa shape index (κ3) is 6.17. The topological polar surface area (TPSA) is 68.7 Å². The maximum Gasteiger partial charge on any atom is 0.143 e. The van der Waals surface area contributed by atoms with Crippen LogP contribution in [0.2, 0.25) is 0 Å². The first-order valence-corrected chi connectivity index (χ1v) is 14.3. The van der Waals surface area contributed by atoms with Crippen molar-refractivity contribution < 1.29 is 18.6 Å². The van der Waals surface area contributed by atoms with E-state index in [9.17, 15) is 4.39 Å². The molecule has 1 saturated heterocycles. The van der Waals surface area contributed by atoms with Crippen LogP contribution in [0.1, 0.15) is 17.5 Å². The van der Waals surface area contributed by atoms with Crippen LogP contribution in [0.5, 0.6) is 11.5 Å². The molecule has 2 aromatic heterocycles. The van der Waals surface area contributed by atoms with Gasteiger partial charge in [-0.3, -0.25) is 4.90 Å². The number of nitrogens with zero attached hydrogens (tertiary/aromatic N) is 3. The molecule has 0 bridgehead atoms. The van der Waals surface area contributed by atoms with Gasteiger partial charge in [-0.05, 0) is 73.0 Å². The third-order valence-corrected chi connectivity index (χ3v) is 8.01. The van der Waals surface area contributed by atoms with Crippen molar-refractivity contribution in [3.8, 4) is 11.5 Å². The van der Waals surface area contributed by atoms with E-state index in [-0.39, 0.29) is 5.82 Å². The molecule has 1 aliphatic heterocycles. The second-order valence-electron chi connectivity index (χ2n) is 9.84. The Labute approximate surface area is 236 Å². The summed E-state index contributed by atoms with van der Waals surface area (Å²) in [5, 5.41) is 5.55. The molecule has 0 atom stereocenters. The number of hydrogen-bond acceptors (Lipinski definition) is 8. The van der Waals surface area contributed by atoms with Gasteiger partial charge in [-0.1, -0.05) is 12.1 Å². The van der Waals surface area contributed by atoms with Gasteiger partial charge in [0.1, 0.15) is 40.9 Å². The molecule has 3 heterocycles. The van der Waals surface area contributed by atoms with Crippen molar-refractivity contribution in [2.75, 3.05) is 44.8 Å². The van der Waals surface area contributed by atoms with Crippen LogP contribution in [-0.4, -0.2) is 54.3 Å². The monoisotopic (exact) mass is 558 g/mol. The van der Waals surface area contributed by atoms with E-state index in [1.807, 2.05) is 37.3 Å². The smallest absolute Gasteiger partial charge is 0.143 e. The maximum absolute atomic E-state index is 13.5. The second kappa shape index (κ2) is 12.2. The lowest BCUT2D eigenvalue weighted by atomic mass is 10.1. The van der Waals surface area contributed by atoms with Gasteiger partial charge >= 0.3 is 0 Å². The molecule has 0 saturated carbocycles. The van der Waals surface area contributed by atoms with Crippen molar-refractivity contribution in [2.45, 2.75) is 20.0 Å². The number of benzene rings is 3. The zero-order valence-corrected chi connectivity index (χ0v) is 23.2. The molecule has 0 radical (unpaired) electrons. The lowest BCUT2D eigenvalue weighted by Crippen LogP contribution is -2.37. The minimum Gasteiger partial charge on any atom is -0.493 e. The number of halogens is 1. The number of ether oxygens (including phenoxy) is 3. The molecular weight excluding hydrogens is 527 g/mol. The normalized spacial score (nSPS) is 14.1. The number of hydrogen-bond donors (Lipinski definition) is 1. The second-order valence-corrected chi connectivity index (χ2v) is 10.9. The van der Waals surface area contributed by atoms with Crippen LogP contribution in [0.4, 0.5) is 15.9 Å². The molecule has 206 valence electrons. The van der Waals surface area contributed by atoms with Crippen molar-refractivity contribution >= 4 is 43.1 Å². The molecule has 7 nitrogen and oxygen atoms in total. The molecule has 9 heteroatoms. The molecule has 5 aromatic rings. The highest BCUT2D eigenvalue weighted by Crippen LogP contribution is 2.39. The summed E-state index contributed by atoms with van der Waals surface area (Å²) in [5.41, 5.74) is 2.66. The van der Waals surface area contributed by atoms with E-state index >= 15 is 0 Å². The minimum absolute atomic E-state index is 0.266. The van der Waals surface area contributed by atoms with E-state index in [0.29, 0.717) is 13.2 Å². The average Bonchev–Trinajstić information content (AvgIpc) is 3.34. The molecule has 1 fully saturated rings. The number of nitrogens with one attached hydrogen (secondary N) is 1. The number of thiophene rings is 1. The molecule has 1 N–H and O–H groups in total. The molecule has 6 rings (SSSR count). The number of anilines is 2. The summed E-state index contributed by atoms with van der Waals surface area (Å²) < 4.78 is 32.0. The predicted molar refractivity (Wildman–Crippen MR) is 157 cm³/mol. The average molecular weight is 559 g/mol. The first kappa shape index (κ1) is 26.4. The Balaban J connectivity index is 1.13. The van der Waals surface area contributed by atoms with Crippen LogP contribution in [-0.2, 0) is 11.3 Å². The summed E-state index contributed by atoms with van der Waals surface area (Å²) in [6.45, 7) is 7.64. The predicted octanol–water partition coefficient (Wildman–Crippen LogP) is 6.72. The molecular formula is C31H31FN4O3S. The SMILES string of the molecule is Cc1cc(Nc2ncnc3sc4cc(OCCCN5CCOCC5)ccc4c23)ccc1OCc1cccc(F)c1. The van der Waals surface area contributed by atoms with Crippen molar-refractivity contribution in [3.63, 3.8) is 0 Å². The van der Waals surface area contributed by atoms with Crippen molar-refractivity contribution in [2.24, 2.45) is 0 Å². The largest absolute Gasteiger partial charge is 0.493 e. The standard InChI is InChI=1S/C31H31FN4O3S/c1-21-16-24(6-9-27(21)39-19-22-4-2-5-23(32)17-22)35-30-29-26-8-7-25(18-28(26)40-31(29)34-20-33-30)38-13-3-10-36-11-14-37-15-12-36/h2,4-9,16-18,20H,3,10-15,19H2,1H3,(H,33,34,35). The highest BCUT2D eigenvalue weighted by molar-refractivity contribution is 7.25. The number of fused-ring (bicyclic) bond motifs is 3. The minimum atomic E-state index is -0.266. The summed E-state index contributed by atoms with van der Waals surface area (Å²) in [7, 11) is 0. The molecule has 0 aliphatic carbocycles. The Morgan fingerprint density at radius 1 is 1.02 bits per heavy atom. The number of rotatable bonds is 10. The van der Waals surface area contributed by atoms with E-state index in [1.165, 1.54) is 12.1 Å². The molecule has 40 heavy (non-hydrogen) atoms. The maximum atomic E-state index is 13.5. The van der Waals surface area contributed by atoms with E-state index in [2.05, 4.69) is 32.3 Å². The van der Waals surface area contributed by atoms with E-state index in [0.717, 1.165) is 93.7 Å². The van der Waals surface area contributed by atoms with Crippen LogP contribution >= 0.6 is 11.3 Å². The van der Waals surface area contributed by atoms with Crippen molar-refractivity contribution in [1.82, 2.24) is 14.9 Å². The summed E-state index contributed by atoms with van der Waals surface area (Å²) in [4.78, 5) is 12.4. The first-order valence-electron chi connectivity index (χ1n) is 13.5. The van der Waals surface area contributed by atoms with E-state index < -0.39 is 0 Å². The molecule has 0 unspecified atom stereocenters. The van der Waals surface area contributed by atoms with E-state index in [4.69, 9.17) is 14.2 Å². The Kier molecular flexibility index (Phi) is 8.04. The number of aryl methyl sites for hydroxylation is 1. The van der Waals surface area contributed by atoms with Gasteiger partial charge in [0.2, 0.25) is 0 Å². The van der Waals surface area contributed by atoms with Gasteiger partial charge in [-0.15, -0.1) is 11.3 Å². The van der Waals surface area contributed by atoms with Gasteiger partial charge in [0.05, 0.1) is 25.2 Å². The fourth-order valence-electron chi connectivity index (χ4n) is 4.89. The number of morpholine rings is 1. The molecule has 1 aliphatic rings. The summed E-state index contributed by atoms with van der Waals surface area (Å²) in [6.07, 6.45) is 2.57. The van der Waals surface area contributed by atoms with Crippen molar-refractivity contribution in [3.05, 3.63) is 83.9 Å². The van der Waals surface area contributed by atoms with Crippen LogP contribution in [0.25, 0.3) is 20.3 Å². The fraction of sp³-hybridized carbons (Fsp3) is 0.290. The summed E-state index contributed by atoms with van der Waals surface area (Å²) in [6, 6.07) is 18.6. The van der Waals surface area contributed by atoms with Crippen LogP contribution in [0.3, 0.4) is 0 Å². The Hall–Kier alpha value is -3.79. The third-order valence-electron chi connectivity index (χ3n) is 6.95. The Bertz CT molecular complexity index is 1620. The van der Waals surface area contributed by atoms with Crippen LogP contribution < -0.4 is 14.8 Å². The molecule has 0 spiro atoms. The van der Waals surface area contributed by atoms with Gasteiger partial charge in [0.15, 0.2) is 0 Å². The van der Waals surface area contributed by atoms with Gasteiger partial charge < -0.3 is 19.5 Å². The van der Waals surface area contributed by atoms with Gasteiger partial charge in [0.25, 0.3) is 0 Å². The molecule has 0 amide bonds. The highest BCUT2D eigenvalue weighted by Gasteiger charge is 2.14. The van der Waals surface area contributed by atoms with Gasteiger partial charge in [-0.2, -0.15) is 0 Å². The first-order chi connectivity index (χ1) is 19.6. The quantitative estimate of drug-likeness (QED) is 0.191. The van der Waals surface area contributed by atoms with E-state index in [1.54, 1.807) is 23.7 Å².